The van der Waals surface area contributed by atoms with Gasteiger partial charge in [0.15, 0.2) is 0 Å². The Morgan fingerprint density at radius 3 is 2.93 bits per heavy atom. The Morgan fingerprint density at radius 1 is 1.33 bits per heavy atom. The molecule has 80 valence electrons. The summed E-state index contributed by atoms with van der Waals surface area (Å²) in [5, 5.41) is 0. The fourth-order valence-electron chi connectivity index (χ4n) is 3.21. The van der Waals surface area contributed by atoms with Gasteiger partial charge in [0, 0.05) is 19.3 Å². The van der Waals surface area contributed by atoms with Crippen molar-refractivity contribution in [2.24, 2.45) is 11.8 Å². The van der Waals surface area contributed by atoms with Crippen LogP contribution in [0, 0.1) is 11.8 Å². The van der Waals surface area contributed by atoms with Gasteiger partial charge in [-0.05, 0) is 5.92 Å². The van der Waals surface area contributed by atoms with E-state index in [0.29, 0.717) is 19.3 Å². The molecule has 4 atom stereocenters. The van der Waals surface area contributed by atoms with Crippen LogP contribution in [0.2, 0.25) is 0 Å². The molecule has 0 N–H and O–H groups in total. The van der Waals surface area contributed by atoms with Crippen LogP contribution in [0.1, 0.15) is 26.2 Å². The molecule has 2 bridgehead atoms. The first-order chi connectivity index (χ1) is 7.12. The molecule has 0 aromatic heterocycles. The smallest absolute Gasteiger partial charge is 0.142 e. The number of rotatable bonds is 0. The Labute approximate surface area is 88.5 Å². The zero-order valence-corrected chi connectivity index (χ0v) is 8.73. The normalized spacial score (nSPS) is 48.2. The fourth-order valence-corrected chi connectivity index (χ4v) is 3.21. The minimum Gasteiger partial charge on any atom is -0.362 e. The number of Topliss-reactive ketones (excluding diaryl/α,β-unsaturated/α-hetero) is 2. The number of hydrogen-bond donors (Lipinski definition) is 0. The zero-order valence-electron chi connectivity index (χ0n) is 8.73. The summed E-state index contributed by atoms with van der Waals surface area (Å²) in [6.45, 7) is 2.01. The van der Waals surface area contributed by atoms with Gasteiger partial charge >= 0.3 is 0 Å². The van der Waals surface area contributed by atoms with Gasteiger partial charge in [0.1, 0.15) is 17.2 Å². The maximum Gasteiger partial charge on any atom is 0.142 e. The quantitative estimate of drug-likeness (QED) is 0.560. The Morgan fingerprint density at radius 2 is 2.13 bits per heavy atom. The summed E-state index contributed by atoms with van der Waals surface area (Å²) >= 11 is 0. The third kappa shape index (κ3) is 1.10. The van der Waals surface area contributed by atoms with Crippen molar-refractivity contribution in [3.05, 3.63) is 12.2 Å². The lowest BCUT2D eigenvalue weighted by Crippen LogP contribution is -2.55. The maximum absolute atomic E-state index is 11.9. The molecule has 2 heterocycles. The fraction of sp³-hybridized carbons (Fsp3) is 0.667. The van der Waals surface area contributed by atoms with Crippen LogP contribution in [0.3, 0.4) is 0 Å². The highest BCUT2D eigenvalue weighted by molar-refractivity contribution is 5.92. The number of ketones is 2. The van der Waals surface area contributed by atoms with Crippen LogP contribution in [0.5, 0.6) is 0 Å². The van der Waals surface area contributed by atoms with Crippen molar-refractivity contribution in [2.45, 2.75) is 37.9 Å². The number of carbonyl (C=O) groups is 2. The molecule has 1 aliphatic carbocycles. The first-order valence-electron chi connectivity index (χ1n) is 5.53. The second kappa shape index (κ2) is 2.79. The molecule has 1 saturated heterocycles. The molecule has 1 spiro atoms. The molecule has 0 unspecified atom stereocenters. The Kier molecular flexibility index (Phi) is 1.72. The van der Waals surface area contributed by atoms with Crippen LogP contribution in [-0.4, -0.2) is 23.3 Å². The Hall–Kier alpha value is -0.960. The van der Waals surface area contributed by atoms with Gasteiger partial charge < -0.3 is 4.74 Å². The molecule has 3 rings (SSSR count). The van der Waals surface area contributed by atoms with Gasteiger partial charge in [-0.25, -0.2) is 0 Å². The molecule has 3 nitrogen and oxygen atoms in total. The number of carbonyl (C=O) groups excluding carboxylic acids is 2. The van der Waals surface area contributed by atoms with Crippen molar-refractivity contribution in [1.29, 1.82) is 0 Å². The summed E-state index contributed by atoms with van der Waals surface area (Å²) in [7, 11) is 0. The molecule has 3 heteroatoms. The molecule has 0 aromatic rings. The highest BCUT2D eigenvalue weighted by Gasteiger charge is 2.56. The van der Waals surface area contributed by atoms with Gasteiger partial charge in [-0.15, -0.1) is 0 Å². The number of fused-ring (bicyclic) bond motifs is 1. The topological polar surface area (TPSA) is 43.4 Å². The summed E-state index contributed by atoms with van der Waals surface area (Å²) in [5.41, 5.74) is -0.450. The maximum atomic E-state index is 11.9. The molecule has 0 aromatic carbocycles. The second-order valence-electron chi connectivity index (χ2n) is 4.94. The molecule has 2 fully saturated rings. The first kappa shape index (κ1) is 9.28. The summed E-state index contributed by atoms with van der Waals surface area (Å²) in [5.74, 6) is 0.322. The second-order valence-corrected chi connectivity index (χ2v) is 4.94. The average molecular weight is 206 g/mol. The Bertz CT molecular complexity index is 371. The van der Waals surface area contributed by atoms with Crippen LogP contribution in [0.25, 0.3) is 0 Å². The van der Waals surface area contributed by atoms with Crippen molar-refractivity contribution < 1.29 is 14.3 Å². The summed E-state index contributed by atoms with van der Waals surface area (Å²) in [6.07, 6.45) is 5.35. The van der Waals surface area contributed by atoms with Gasteiger partial charge in [0.2, 0.25) is 0 Å². The molecule has 0 amide bonds. The van der Waals surface area contributed by atoms with E-state index in [4.69, 9.17) is 4.74 Å². The monoisotopic (exact) mass is 206 g/mol. The number of ether oxygens (including phenoxy) is 1. The van der Waals surface area contributed by atoms with E-state index in [2.05, 4.69) is 0 Å². The van der Waals surface area contributed by atoms with E-state index < -0.39 is 5.60 Å². The molecule has 3 aliphatic rings. The third-order valence-electron chi connectivity index (χ3n) is 4.00. The highest BCUT2D eigenvalue weighted by atomic mass is 16.5. The third-order valence-corrected chi connectivity index (χ3v) is 4.00. The number of hydrogen-bond acceptors (Lipinski definition) is 3. The predicted octanol–water partition coefficient (Wildman–Crippen LogP) is 1.27. The van der Waals surface area contributed by atoms with Crippen LogP contribution in [0.4, 0.5) is 0 Å². The predicted molar refractivity (Wildman–Crippen MR) is 53.3 cm³/mol. The van der Waals surface area contributed by atoms with Gasteiger partial charge in [-0.1, -0.05) is 19.1 Å². The van der Waals surface area contributed by atoms with E-state index in [9.17, 15) is 9.59 Å². The van der Waals surface area contributed by atoms with Crippen LogP contribution < -0.4 is 0 Å². The molecular formula is C12H14O3. The van der Waals surface area contributed by atoms with E-state index in [-0.39, 0.29) is 29.5 Å². The van der Waals surface area contributed by atoms with Crippen LogP contribution in [-0.2, 0) is 14.3 Å². The lowest BCUT2D eigenvalue weighted by Gasteiger charge is -2.46. The standard InChI is InChI=1S/C12H14O3/c1-7-4-8(13)5-10-11(14)6-9-2-3-12(7,10)15-9/h2-3,7,9-10H,4-6H2,1H3/t7-,9-,10-,12-/m1/s1. The molecule has 1 saturated carbocycles. The average Bonchev–Trinajstić information content (AvgIpc) is 2.52. The highest BCUT2D eigenvalue weighted by Crippen LogP contribution is 2.49. The van der Waals surface area contributed by atoms with E-state index in [1.807, 2.05) is 19.1 Å². The van der Waals surface area contributed by atoms with Gasteiger partial charge in [-0.2, -0.15) is 0 Å². The molecular weight excluding hydrogens is 192 g/mol. The van der Waals surface area contributed by atoms with E-state index in [1.54, 1.807) is 0 Å². The largest absolute Gasteiger partial charge is 0.362 e. The van der Waals surface area contributed by atoms with Crippen molar-refractivity contribution in [3.63, 3.8) is 0 Å². The molecule has 0 radical (unpaired) electrons. The minimum atomic E-state index is -0.450. The summed E-state index contributed by atoms with van der Waals surface area (Å²) in [4.78, 5) is 23.4. The first-order valence-corrected chi connectivity index (χ1v) is 5.53. The van der Waals surface area contributed by atoms with Crippen LogP contribution >= 0.6 is 0 Å². The summed E-state index contributed by atoms with van der Waals surface area (Å²) in [6, 6.07) is 0. The van der Waals surface area contributed by atoms with Crippen LogP contribution in [0.15, 0.2) is 12.2 Å². The molecule has 2 aliphatic heterocycles. The Balaban J connectivity index is 2.05. The van der Waals surface area contributed by atoms with Gasteiger partial charge in [-0.3, -0.25) is 9.59 Å². The minimum absolute atomic E-state index is 0.0376. The lowest BCUT2D eigenvalue weighted by atomic mass is 9.66. The van der Waals surface area contributed by atoms with Crippen molar-refractivity contribution >= 4 is 11.6 Å². The molecule has 15 heavy (non-hydrogen) atoms. The summed E-state index contributed by atoms with van der Waals surface area (Å²) < 4.78 is 5.94. The SMILES string of the molecule is C[C@@H]1CC(=O)C[C@@H]2C(=O)C[C@H]3C=C[C@@]12O3. The lowest BCUT2D eigenvalue weighted by molar-refractivity contribution is -0.171. The van der Waals surface area contributed by atoms with Gasteiger partial charge in [0.05, 0.1) is 12.0 Å². The van der Waals surface area contributed by atoms with E-state index in [1.165, 1.54) is 0 Å². The van der Waals surface area contributed by atoms with E-state index in [0.717, 1.165) is 0 Å². The van der Waals surface area contributed by atoms with Crippen molar-refractivity contribution in [1.82, 2.24) is 0 Å². The van der Waals surface area contributed by atoms with Crippen molar-refractivity contribution in [3.8, 4) is 0 Å². The van der Waals surface area contributed by atoms with Crippen molar-refractivity contribution in [2.75, 3.05) is 0 Å². The zero-order chi connectivity index (χ0) is 10.6. The van der Waals surface area contributed by atoms with Gasteiger partial charge in [0.25, 0.3) is 0 Å². The van der Waals surface area contributed by atoms with E-state index >= 15 is 0 Å².